The van der Waals surface area contributed by atoms with Crippen molar-refractivity contribution < 1.29 is 9.53 Å². The molecule has 136 valence electrons. The first kappa shape index (κ1) is 17.1. The standard InChI is InChI=1S/C18H21N5O2S/c24-18(13-23-15-5-2-1-4-14(15)20-21-23)19-12-16(17-6-3-11-26-17)22-7-9-25-10-8-22/h1-6,11,16H,7-10,12-13H2,(H,19,24). The quantitative estimate of drug-likeness (QED) is 0.714. The Morgan fingerprint density at radius 2 is 2.08 bits per heavy atom. The predicted octanol–water partition coefficient (Wildman–Crippen LogP) is 1.68. The fourth-order valence-corrected chi connectivity index (χ4v) is 4.08. The zero-order valence-corrected chi connectivity index (χ0v) is 15.2. The van der Waals surface area contributed by atoms with Crippen LogP contribution in [0, 0.1) is 0 Å². The van der Waals surface area contributed by atoms with Crippen LogP contribution in [0.15, 0.2) is 41.8 Å². The van der Waals surface area contributed by atoms with Gasteiger partial charge in [-0.05, 0) is 23.6 Å². The summed E-state index contributed by atoms with van der Waals surface area (Å²) < 4.78 is 7.10. The van der Waals surface area contributed by atoms with E-state index < -0.39 is 0 Å². The number of nitrogens with zero attached hydrogens (tertiary/aromatic N) is 4. The van der Waals surface area contributed by atoms with Gasteiger partial charge in [-0.2, -0.15) is 0 Å². The first-order valence-electron chi connectivity index (χ1n) is 8.71. The molecule has 0 aliphatic carbocycles. The number of aromatic nitrogens is 3. The molecule has 1 atom stereocenters. The number of fused-ring (bicyclic) bond motifs is 1. The molecule has 0 spiro atoms. The van der Waals surface area contributed by atoms with E-state index in [1.54, 1.807) is 16.0 Å². The van der Waals surface area contributed by atoms with Gasteiger partial charge in [-0.15, -0.1) is 16.4 Å². The molecule has 1 unspecified atom stereocenters. The van der Waals surface area contributed by atoms with E-state index in [1.807, 2.05) is 24.3 Å². The maximum absolute atomic E-state index is 12.5. The van der Waals surface area contributed by atoms with Gasteiger partial charge in [0.05, 0.1) is 24.8 Å². The minimum atomic E-state index is -0.0598. The lowest BCUT2D eigenvalue weighted by Crippen LogP contribution is -2.44. The molecular formula is C18H21N5O2S. The molecule has 0 saturated carbocycles. The van der Waals surface area contributed by atoms with Gasteiger partial charge in [0.25, 0.3) is 0 Å². The molecule has 8 heteroatoms. The molecule has 2 aromatic heterocycles. The highest BCUT2D eigenvalue weighted by Gasteiger charge is 2.24. The Hall–Kier alpha value is -2.29. The van der Waals surface area contributed by atoms with Gasteiger partial charge in [-0.1, -0.05) is 23.4 Å². The molecular weight excluding hydrogens is 350 g/mol. The molecule has 1 aromatic carbocycles. The van der Waals surface area contributed by atoms with Crippen LogP contribution in [0.5, 0.6) is 0 Å². The van der Waals surface area contributed by atoms with Gasteiger partial charge in [0.1, 0.15) is 12.1 Å². The monoisotopic (exact) mass is 371 g/mol. The van der Waals surface area contributed by atoms with Crippen molar-refractivity contribution >= 4 is 28.3 Å². The van der Waals surface area contributed by atoms with Crippen LogP contribution in [-0.2, 0) is 16.1 Å². The molecule has 1 aliphatic rings. The summed E-state index contributed by atoms with van der Waals surface area (Å²) in [5.41, 5.74) is 1.66. The number of carbonyl (C=O) groups is 1. The van der Waals surface area contributed by atoms with Gasteiger partial charge < -0.3 is 10.1 Å². The smallest absolute Gasteiger partial charge is 0.241 e. The van der Waals surface area contributed by atoms with Gasteiger partial charge in [-0.25, -0.2) is 4.68 Å². The molecule has 0 bridgehead atoms. The number of hydrogen-bond acceptors (Lipinski definition) is 6. The predicted molar refractivity (Wildman–Crippen MR) is 100.0 cm³/mol. The lowest BCUT2D eigenvalue weighted by molar-refractivity contribution is -0.122. The zero-order valence-electron chi connectivity index (χ0n) is 14.4. The topological polar surface area (TPSA) is 72.3 Å². The van der Waals surface area contributed by atoms with E-state index in [4.69, 9.17) is 4.74 Å². The van der Waals surface area contributed by atoms with Crippen molar-refractivity contribution in [3.05, 3.63) is 46.7 Å². The first-order valence-corrected chi connectivity index (χ1v) is 9.59. The second kappa shape index (κ2) is 7.94. The summed E-state index contributed by atoms with van der Waals surface area (Å²) in [5, 5.41) is 13.3. The third-order valence-electron chi connectivity index (χ3n) is 4.56. The summed E-state index contributed by atoms with van der Waals surface area (Å²) in [7, 11) is 0. The number of amides is 1. The lowest BCUT2D eigenvalue weighted by Gasteiger charge is -2.34. The number of carbonyl (C=O) groups excluding carboxylic acids is 1. The van der Waals surface area contributed by atoms with Crippen LogP contribution in [-0.4, -0.2) is 58.6 Å². The van der Waals surface area contributed by atoms with Gasteiger partial charge in [0.2, 0.25) is 5.91 Å². The number of para-hydroxylation sites is 1. The number of morpholine rings is 1. The van der Waals surface area contributed by atoms with Crippen molar-refractivity contribution in [1.82, 2.24) is 25.2 Å². The van der Waals surface area contributed by atoms with E-state index in [1.165, 1.54) is 4.88 Å². The molecule has 4 rings (SSSR count). The van der Waals surface area contributed by atoms with Crippen molar-refractivity contribution in [3.8, 4) is 0 Å². The van der Waals surface area contributed by atoms with Crippen LogP contribution in [0.3, 0.4) is 0 Å². The van der Waals surface area contributed by atoms with E-state index in [0.717, 1.165) is 37.3 Å². The summed E-state index contributed by atoms with van der Waals surface area (Å²) in [6, 6.07) is 12.0. The molecule has 1 aliphatic heterocycles. The summed E-state index contributed by atoms with van der Waals surface area (Å²) in [6.45, 7) is 3.98. The average Bonchev–Trinajstić information content (AvgIpc) is 3.34. The summed E-state index contributed by atoms with van der Waals surface area (Å²) >= 11 is 1.72. The van der Waals surface area contributed by atoms with E-state index in [9.17, 15) is 4.79 Å². The van der Waals surface area contributed by atoms with Crippen molar-refractivity contribution in [2.75, 3.05) is 32.8 Å². The molecule has 7 nitrogen and oxygen atoms in total. The SMILES string of the molecule is O=C(Cn1nnc2ccccc21)NCC(c1cccs1)N1CCOCC1. The fraction of sp³-hybridized carbons (Fsp3) is 0.389. The van der Waals surface area contributed by atoms with Crippen LogP contribution in [0.4, 0.5) is 0 Å². The van der Waals surface area contributed by atoms with Gasteiger partial charge >= 0.3 is 0 Å². The molecule has 1 amide bonds. The molecule has 26 heavy (non-hydrogen) atoms. The second-order valence-electron chi connectivity index (χ2n) is 6.22. The molecule has 0 radical (unpaired) electrons. The number of hydrogen-bond donors (Lipinski definition) is 1. The van der Waals surface area contributed by atoms with E-state index in [2.05, 4.69) is 38.0 Å². The number of thiophene rings is 1. The van der Waals surface area contributed by atoms with Gasteiger partial charge in [0.15, 0.2) is 0 Å². The van der Waals surface area contributed by atoms with E-state index in [0.29, 0.717) is 6.54 Å². The molecule has 1 saturated heterocycles. The third kappa shape index (κ3) is 3.77. The Morgan fingerprint density at radius 3 is 2.88 bits per heavy atom. The maximum Gasteiger partial charge on any atom is 0.241 e. The molecule has 3 aromatic rings. The van der Waals surface area contributed by atoms with E-state index in [-0.39, 0.29) is 18.5 Å². The Bertz CT molecular complexity index is 857. The first-order chi connectivity index (χ1) is 12.8. The zero-order chi connectivity index (χ0) is 17.8. The maximum atomic E-state index is 12.5. The summed E-state index contributed by atoms with van der Waals surface area (Å²) in [6.07, 6.45) is 0. The Labute approximate surface area is 155 Å². The summed E-state index contributed by atoms with van der Waals surface area (Å²) in [4.78, 5) is 16.1. The molecule has 1 N–H and O–H groups in total. The van der Waals surface area contributed by atoms with Crippen LogP contribution in [0.1, 0.15) is 10.9 Å². The third-order valence-corrected chi connectivity index (χ3v) is 5.54. The second-order valence-corrected chi connectivity index (χ2v) is 7.20. The van der Waals surface area contributed by atoms with Crippen molar-refractivity contribution in [3.63, 3.8) is 0 Å². The minimum absolute atomic E-state index is 0.0598. The van der Waals surface area contributed by atoms with Crippen LogP contribution in [0.25, 0.3) is 11.0 Å². The number of ether oxygens (including phenoxy) is 1. The highest BCUT2D eigenvalue weighted by Crippen LogP contribution is 2.25. The Balaban J connectivity index is 1.41. The van der Waals surface area contributed by atoms with E-state index >= 15 is 0 Å². The largest absolute Gasteiger partial charge is 0.379 e. The highest BCUT2D eigenvalue weighted by molar-refractivity contribution is 7.10. The minimum Gasteiger partial charge on any atom is -0.379 e. The van der Waals surface area contributed by atoms with Gasteiger partial charge in [0, 0.05) is 24.5 Å². The highest BCUT2D eigenvalue weighted by atomic mass is 32.1. The lowest BCUT2D eigenvalue weighted by atomic mass is 10.2. The average molecular weight is 371 g/mol. The number of nitrogens with one attached hydrogen (secondary N) is 1. The number of rotatable bonds is 6. The Kier molecular flexibility index (Phi) is 5.24. The van der Waals surface area contributed by atoms with Crippen LogP contribution >= 0.6 is 11.3 Å². The molecule has 1 fully saturated rings. The fourth-order valence-electron chi connectivity index (χ4n) is 3.22. The van der Waals surface area contributed by atoms with Crippen LogP contribution in [0.2, 0.25) is 0 Å². The van der Waals surface area contributed by atoms with Crippen molar-refractivity contribution in [1.29, 1.82) is 0 Å². The van der Waals surface area contributed by atoms with Gasteiger partial charge in [-0.3, -0.25) is 9.69 Å². The number of benzene rings is 1. The van der Waals surface area contributed by atoms with Crippen molar-refractivity contribution in [2.45, 2.75) is 12.6 Å². The Morgan fingerprint density at radius 1 is 1.23 bits per heavy atom. The summed E-state index contributed by atoms with van der Waals surface area (Å²) in [5.74, 6) is -0.0598. The molecule has 3 heterocycles. The van der Waals surface area contributed by atoms with Crippen LogP contribution < -0.4 is 5.32 Å². The van der Waals surface area contributed by atoms with Crippen molar-refractivity contribution in [2.24, 2.45) is 0 Å². The normalized spacial score (nSPS) is 16.6.